The van der Waals surface area contributed by atoms with Crippen molar-refractivity contribution >= 4 is 5.97 Å². The molecule has 1 aromatic heterocycles. The van der Waals surface area contributed by atoms with Crippen LogP contribution >= 0.6 is 0 Å². The fourth-order valence-corrected chi connectivity index (χ4v) is 1.60. The van der Waals surface area contributed by atoms with E-state index >= 15 is 0 Å². The quantitative estimate of drug-likeness (QED) is 0.789. The maximum atomic E-state index is 11.9. The van der Waals surface area contributed by atoms with Gasteiger partial charge in [-0.1, -0.05) is 17.3 Å². The number of aromatic carboxylic acids is 1. The maximum Gasteiger partial charge on any atom is 0.335 e. The Morgan fingerprint density at radius 2 is 2.24 bits per heavy atom. The molecule has 8 heteroatoms. The lowest BCUT2D eigenvalue weighted by molar-refractivity contribution is 0.0171. The van der Waals surface area contributed by atoms with E-state index in [0.29, 0.717) is 5.56 Å². The van der Waals surface area contributed by atoms with Crippen molar-refractivity contribution in [1.29, 1.82) is 0 Å². The van der Waals surface area contributed by atoms with Crippen LogP contribution in [0.4, 0.5) is 8.78 Å². The first-order valence-electron chi connectivity index (χ1n) is 6.08. The van der Waals surface area contributed by atoms with Crippen molar-refractivity contribution in [2.24, 2.45) is 0 Å². The second-order valence-electron chi connectivity index (χ2n) is 4.11. The summed E-state index contributed by atoms with van der Waals surface area (Å²) >= 11 is 0. The van der Waals surface area contributed by atoms with E-state index in [0.717, 1.165) is 0 Å². The van der Waals surface area contributed by atoms with Gasteiger partial charge in [0.15, 0.2) is 0 Å². The summed E-state index contributed by atoms with van der Waals surface area (Å²) in [7, 11) is 0. The number of ether oxygens (including phenoxy) is 1. The SMILES string of the molecule is O=C(O)c1cccc(-c2noc(CCOCC(F)F)n2)c1. The summed E-state index contributed by atoms with van der Waals surface area (Å²) in [6.07, 6.45) is -2.31. The number of alkyl halides is 2. The predicted octanol–water partition coefficient (Wildman–Crippen LogP) is 2.26. The van der Waals surface area contributed by atoms with Crippen LogP contribution < -0.4 is 0 Å². The molecule has 0 amide bonds. The number of aromatic nitrogens is 2. The van der Waals surface area contributed by atoms with Gasteiger partial charge in [-0.25, -0.2) is 13.6 Å². The molecule has 0 aliphatic heterocycles. The van der Waals surface area contributed by atoms with Crippen LogP contribution in [-0.4, -0.2) is 40.9 Å². The first-order chi connectivity index (χ1) is 10.1. The molecule has 21 heavy (non-hydrogen) atoms. The Hall–Kier alpha value is -2.35. The highest BCUT2D eigenvalue weighted by Gasteiger charge is 2.11. The predicted molar refractivity (Wildman–Crippen MR) is 67.2 cm³/mol. The lowest BCUT2D eigenvalue weighted by Crippen LogP contribution is -2.07. The monoisotopic (exact) mass is 298 g/mol. The van der Waals surface area contributed by atoms with E-state index in [-0.39, 0.29) is 30.3 Å². The van der Waals surface area contributed by atoms with Gasteiger partial charge in [0.25, 0.3) is 6.43 Å². The molecule has 0 atom stereocenters. The number of rotatable bonds is 7. The molecule has 0 saturated carbocycles. The second-order valence-corrected chi connectivity index (χ2v) is 4.11. The molecule has 0 fully saturated rings. The number of carbonyl (C=O) groups is 1. The third kappa shape index (κ3) is 4.32. The van der Waals surface area contributed by atoms with Crippen LogP contribution in [0.3, 0.4) is 0 Å². The van der Waals surface area contributed by atoms with Crippen molar-refractivity contribution < 1.29 is 27.9 Å². The lowest BCUT2D eigenvalue weighted by Gasteiger charge is -1.99. The highest BCUT2D eigenvalue weighted by molar-refractivity contribution is 5.89. The summed E-state index contributed by atoms with van der Waals surface area (Å²) in [5.41, 5.74) is 0.609. The first-order valence-corrected chi connectivity index (χ1v) is 6.08. The summed E-state index contributed by atoms with van der Waals surface area (Å²) in [5, 5.41) is 12.6. The molecule has 2 rings (SSSR count). The Bertz CT molecular complexity index is 616. The van der Waals surface area contributed by atoms with E-state index in [4.69, 9.17) is 14.4 Å². The van der Waals surface area contributed by atoms with Crippen LogP contribution in [-0.2, 0) is 11.2 Å². The average Bonchev–Trinajstić information content (AvgIpc) is 2.92. The number of nitrogens with zero attached hydrogens (tertiary/aromatic N) is 2. The van der Waals surface area contributed by atoms with Crippen molar-refractivity contribution in [3.8, 4) is 11.4 Å². The van der Waals surface area contributed by atoms with Crippen LogP contribution in [0, 0.1) is 0 Å². The largest absolute Gasteiger partial charge is 0.478 e. The van der Waals surface area contributed by atoms with E-state index in [2.05, 4.69) is 10.1 Å². The number of halogens is 2. The number of carboxylic acids is 1. The van der Waals surface area contributed by atoms with Gasteiger partial charge in [0, 0.05) is 5.56 Å². The van der Waals surface area contributed by atoms with Crippen LogP contribution in [0.15, 0.2) is 28.8 Å². The van der Waals surface area contributed by atoms with Gasteiger partial charge in [0.05, 0.1) is 18.6 Å². The molecule has 1 aromatic carbocycles. The molecule has 1 N–H and O–H groups in total. The molecule has 0 saturated heterocycles. The van der Waals surface area contributed by atoms with Crippen molar-refractivity contribution in [3.63, 3.8) is 0 Å². The molecular weight excluding hydrogens is 286 g/mol. The summed E-state index contributed by atoms with van der Waals surface area (Å²) < 4.78 is 33.4. The summed E-state index contributed by atoms with van der Waals surface area (Å²) in [4.78, 5) is 14.9. The van der Waals surface area contributed by atoms with Crippen LogP contribution in [0.25, 0.3) is 11.4 Å². The van der Waals surface area contributed by atoms with Crippen molar-refractivity contribution in [3.05, 3.63) is 35.7 Å². The lowest BCUT2D eigenvalue weighted by atomic mass is 10.1. The van der Waals surface area contributed by atoms with Crippen molar-refractivity contribution in [2.45, 2.75) is 12.8 Å². The molecule has 1 heterocycles. The van der Waals surface area contributed by atoms with Gasteiger partial charge in [-0.15, -0.1) is 0 Å². The first kappa shape index (κ1) is 15.0. The standard InChI is InChI=1S/C13H12F2N2O4/c14-10(15)7-20-5-4-11-16-12(17-21-11)8-2-1-3-9(6-8)13(18)19/h1-3,6,10H,4-5,7H2,(H,18,19). The number of hydrogen-bond acceptors (Lipinski definition) is 5. The second kappa shape index (κ2) is 6.89. The zero-order valence-corrected chi connectivity index (χ0v) is 10.8. The molecule has 6 nitrogen and oxygen atoms in total. The molecular formula is C13H12F2N2O4. The molecule has 0 bridgehead atoms. The van der Waals surface area contributed by atoms with E-state index in [1.165, 1.54) is 12.1 Å². The highest BCUT2D eigenvalue weighted by atomic mass is 19.3. The third-order valence-electron chi connectivity index (χ3n) is 2.54. The van der Waals surface area contributed by atoms with Crippen LogP contribution in [0.5, 0.6) is 0 Å². The summed E-state index contributed by atoms with van der Waals surface area (Å²) in [5.74, 6) is -0.581. The van der Waals surface area contributed by atoms with Gasteiger partial charge >= 0.3 is 5.97 Å². The van der Waals surface area contributed by atoms with Gasteiger partial charge in [-0.3, -0.25) is 0 Å². The number of carboxylic acid groups (broad SMARTS) is 1. The van der Waals surface area contributed by atoms with E-state index < -0.39 is 19.0 Å². The maximum absolute atomic E-state index is 11.9. The van der Waals surface area contributed by atoms with Gasteiger partial charge in [-0.05, 0) is 12.1 Å². The van der Waals surface area contributed by atoms with Gasteiger partial charge in [0.2, 0.25) is 11.7 Å². The van der Waals surface area contributed by atoms with Crippen molar-refractivity contribution in [1.82, 2.24) is 10.1 Å². The zero-order valence-electron chi connectivity index (χ0n) is 10.8. The third-order valence-corrected chi connectivity index (χ3v) is 2.54. The number of benzene rings is 1. The molecule has 112 valence electrons. The molecule has 0 unspecified atom stereocenters. The van der Waals surface area contributed by atoms with E-state index in [1.54, 1.807) is 12.1 Å². The van der Waals surface area contributed by atoms with Gasteiger partial charge in [-0.2, -0.15) is 4.98 Å². The van der Waals surface area contributed by atoms with Crippen molar-refractivity contribution in [2.75, 3.05) is 13.2 Å². The fraction of sp³-hybridized carbons (Fsp3) is 0.308. The van der Waals surface area contributed by atoms with E-state index in [1.807, 2.05) is 0 Å². The highest BCUT2D eigenvalue weighted by Crippen LogP contribution is 2.17. The van der Waals surface area contributed by atoms with E-state index in [9.17, 15) is 13.6 Å². The Balaban J connectivity index is 1.99. The summed E-state index contributed by atoms with van der Waals surface area (Å²) in [6, 6.07) is 6.09. The minimum atomic E-state index is -2.51. The minimum absolute atomic E-state index is 0.0428. The Morgan fingerprint density at radius 1 is 1.43 bits per heavy atom. The molecule has 0 spiro atoms. The average molecular weight is 298 g/mol. The van der Waals surface area contributed by atoms with Gasteiger partial charge in [0.1, 0.15) is 6.61 Å². The Morgan fingerprint density at radius 3 is 2.95 bits per heavy atom. The van der Waals surface area contributed by atoms with Crippen LogP contribution in [0.1, 0.15) is 16.2 Å². The fourth-order valence-electron chi connectivity index (χ4n) is 1.60. The minimum Gasteiger partial charge on any atom is -0.478 e. The zero-order chi connectivity index (χ0) is 15.2. The molecule has 0 aliphatic carbocycles. The smallest absolute Gasteiger partial charge is 0.335 e. The van der Waals surface area contributed by atoms with Crippen LogP contribution in [0.2, 0.25) is 0 Å². The number of hydrogen-bond donors (Lipinski definition) is 1. The Kier molecular flexibility index (Phi) is 4.94. The Labute approximate surface area is 118 Å². The normalized spacial score (nSPS) is 11.0. The molecule has 2 aromatic rings. The molecule has 0 radical (unpaired) electrons. The topological polar surface area (TPSA) is 85.5 Å². The summed E-state index contributed by atoms with van der Waals surface area (Å²) in [6.45, 7) is -0.594. The molecule has 0 aliphatic rings. The van der Waals surface area contributed by atoms with Gasteiger partial charge < -0.3 is 14.4 Å².